The van der Waals surface area contributed by atoms with Gasteiger partial charge in [0.25, 0.3) is 0 Å². The van der Waals surface area contributed by atoms with Gasteiger partial charge in [0.15, 0.2) is 0 Å². The van der Waals surface area contributed by atoms with Crippen LogP contribution >= 0.6 is 23.4 Å². The maximum atomic E-state index is 6.06. The minimum Gasteiger partial charge on any atom is -0.331 e. The summed E-state index contributed by atoms with van der Waals surface area (Å²) in [6.07, 6.45) is 2.11. The molecule has 1 aliphatic rings. The normalized spacial score (nSPS) is 18.3. The van der Waals surface area contributed by atoms with Gasteiger partial charge in [0.2, 0.25) is 0 Å². The molecule has 18 heavy (non-hydrogen) atoms. The first-order valence-corrected chi connectivity index (χ1v) is 7.08. The minimum absolute atomic E-state index is 0.296. The molecule has 0 spiro atoms. The smallest absolute Gasteiger partial charge is 0.109 e. The van der Waals surface area contributed by atoms with Crippen molar-refractivity contribution in [3.8, 4) is 0 Å². The van der Waals surface area contributed by atoms with Crippen LogP contribution in [0.15, 0.2) is 66.2 Å². The van der Waals surface area contributed by atoms with Crippen molar-refractivity contribution >= 4 is 29.1 Å². The first kappa shape index (κ1) is 11.7. The first-order valence-electron chi connectivity index (χ1n) is 5.75. The second-order valence-electron chi connectivity index (χ2n) is 4.07. The summed E-state index contributed by atoms with van der Waals surface area (Å²) in [7, 11) is 0. The van der Waals surface area contributed by atoms with Crippen LogP contribution < -0.4 is 4.90 Å². The van der Waals surface area contributed by atoms with Crippen LogP contribution in [0.2, 0.25) is 5.02 Å². The van der Waals surface area contributed by atoms with E-state index in [9.17, 15) is 0 Å². The molecule has 0 saturated carbocycles. The number of hydrogen-bond donors (Lipinski definition) is 0. The van der Waals surface area contributed by atoms with Crippen molar-refractivity contribution in [1.29, 1.82) is 0 Å². The average Bonchev–Trinajstić information content (AvgIpc) is 2.89. The Morgan fingerprint density at radius 1 is 1.00 bits per heavy atom. The molecule has 90 valence electrons. The molecule has 1 atom stereocenters. The predicted octanol–water partition coefficient (Wildman–Crippen LogP) is 5.06. The summed E-state index contributed by atoms with van der Waals surface area (Å²) in [6, 6.07) is 18.5. The topological polar surface area (TPSA) is 3.24 Å². The van der Waals surface area contributed by atoms with Crippen LogP contribution in [-0.4, -0.2) is 0 Å². The van der Waals surface area contributed by atoms with Crippen LogP contribution in [0, 0.1) is 0 Å². The van der Waals surface area contributed by atoms with Gasteiger partial charge in [-0.05, 0) is 29.2 Å². The molecule has 0 aliphatic carbocycles. The highest BCUT2D eigenvalue weighted by atomic mass is 35.5. The Bertz CT molecular complexity index is 568. The molecular formula is C15H12ClNS. The van der Waals surface area contributed by atoms with Gasteiger partial charge in [0.1, 0.15) is 5.37 Å². The number of hydrogen-bond acceptors (Lipinski definition) is 2. The molecule has 0 N–H and O–H groups in total. The van der Waals surface area contributed by atoms with Gasteiger partial charge in [-0.25, -0.2) is 0 Å². The third-order valence-electron chi connectivity index (χ3n) is 2.87. The fraction of sp³-hybridized carbons (Fsp3) is 0.0667. The number of anilines is 1. The van der Waals surface area contributed by atoms with Gasteiger partial charge in [-0.3, -0.25) is 0 Å². The summed E-state index contributed by atoms with van der Waals surface area (Å²) >= 11 is 7.87. The SMILES string of the molecule is Clc1cccc(N2C=CSC2c2ccccc2)c1. The zero-order valence-electron chi connectivity index (χ0n) is 9.66. The van der Waals surface area contributed by atoms with Gasteiger partial charge >= 0.3 is 0 Å². The van der Waals surface area contributed by atoms with Crippen molar-refractivity contribution in [2.75, 3.05) is 4.90 Å². The summed E-state index contributed by atoms with van der Waals surface area (Å²) in [5, 5.41) is 3.19. The Morgan fingerprint density at radius 3 is 2.61 bits per heavy atom. The Morgan fingerprint density at radius 2 is 1.83 bits per heavy atom. The molecule has 1 unspecified atom stereocenters. The number of benzene rings is 2. The van der Waals surface area contributed by atoms with Crippen molar-refractivity contribution in [1.82, 2.24) is 0 Å². The Hall–Kier alpha value is -1.38. The van der Waals surface area contributed by atoms with Crippen LogP contribution in [0.1, 0.15) is 10.9 Å². The second-order valence-corrected chi connectivity index (χ2v) is 5.50. The molecule has 0 radical (unpaired) electrons. The Balaban J connectivity index is 1.94. The minimum atomic E-state index is 0.296. The van der Waals surface area contributed by atoms with Gasteiger partial charge in [-0.1, -0.05) is 48.0 Å². The third-order valence-corrected chi connectivity index (χ3v) is 4.14. The van der Waals surface area contributed by atoms with Crippen LogP contribution in [0.25, 0.3) is 0 Å². The maximum absolute atomic E-state index is 6.06. The lowest BCUT2D eigenvalue weighted by molar-refractivity contribution is 0.958. The van der Waals surface area contributed by atoms with E-state index in [0.717, 1.165) is 10.7 Å². The summed E-state index contributed by atoms with van der Waals surface area (Å²) in [5.74, 6) is 0. The van der Waals surface area contributed by atoms with Crippen molar-refractivity contribution in [2.24, 2.45) is 0 Å². The van der Waals surface area contributed by atoms with Gasteiger partial charge in [-0.15, -0.1) is 11.8 Å². The molecule has 3 heteroatoms. The van der Waals surface area contributed by atoms with Crippen molar-refractivity contribution < 1.29 is 0 Å². The van der Waals surface area contributed by atoms with E-state index in [0.29, 0.717) is 5.37 Å². The number of halogens is 1. The van der Waals surface area contributed by atoms with Gasteiger partial charge in [0.05, 0.1) is 0 Å². The largest absolute Gasteiger partial charge is 0.331 e. The highest BCUT2D eigenvalue weighted by molar-refractivity contribution is 8.02. The molecule has 2 aromatic carbocycles. The highest BCUT2D eigenvalue weighted by Crippen LogP contribution is 2.42. The average molecular weight is 274 g/mol. The lowest BCUT2D eigenvalue weighted by atomic mass is 10.2. The quantitative estimate of drug-likeness (QED) is 0.752. The molecule has 2 aromatic rings. The van der Waals surface area contributed by atoms with Crippen LogP contribution in [0.4, 0.5) is 5.69 Å². The maximum Gasteiger partial charge on any atom is 0.109 e. The van der Waals surface area contributed by atoms with Crippen LogP contribution in [0.5, 0.6) is 0 Å². The van der Waals surface area contributed by atoms with E-state index in [1.165, 1.54) is 5.56 Å². The lowest BCUT2D eigenvalue weighted by Crippen LogP contribution is -2.16. The molecule has 0 amide bonds. The van der Waals surface area contributed by atoms with Crippen molar-refractivity contribution in [2.45, 2.75) is 5.37 Å². The third kappa shape index (κ3) is 2.26. The zero-order chi connectivity index (χ0) is 12.4. The lowest BCUT2D eigenvalue weighted by Gasteiger charge is -2.25. The fourth-order valence-corrected chi connectivity index (χ4v) is 3.21. The van der Waals surface area contributed by atoms with E-state index < -0.39 is 0 Å². The zero-order valence-corrected chi connectivity index (χ0v) is 11.2. The van der Waals surface area contributed by atoms with Gasteiger partial charge in [0, 0.05) is 16.9 Å². The first-order chi connectivity index (χ1) is 8.84. The molecule has 1 nitrogen and oxygen atoms in total. The molecule has 3 rings (SSSR count). The summed E-state index contributed by atoms with van der Waals surface area (Å²) < 4.78 is 0. The van der Waals surface area contributed by atoms with E-state index in [1.54, 1.807) is 11.8 Å². The Kier molecular flexibility index (Phi) is 3.31. The number of rotatable bonds is 2. The van der Waals surface area contributed by atoms with E-state index in [-0.39, 0.29) is 0 Å². The summed E-state index contributed by atoms with van der Waals surface area (Å²) in [6.45, 7) is 0. The monoisotopic (exact) mass is 273 g/mol. The van der Waals surface area contributed by atoms with Gasteiger partial charge < -0.3 is 4.90 Å². The Labute approximate surface area is 116 Å². The van der Waals surface area contributed by atoms with E-state index >= 15 is 0 Å². The molecule has 1 heterocycles. The molecule has 0 aromatic heterocycles. The number of nitrogens with zero attached hydrogens (tertiary/aromatic N) is 1. The van der Waals surface area contributed by atoms with Gasteiger partial charge in [-0.2, -0.15) is 0 Å². The molecule has 0 bridgehead atoms. The highest BCUT2D eigenvalue weighted by Gasteiger charge is 2.22. The fourth-order valence-electron chi connectivity index (χ4n) is 2.03. The standard InChI is InChI=1S/C15H12ClNS/c16-13-7-4-8-14(11-13)17-9-10-18-15(17)12-5-2-1-3-6-12/h1-11,15H. The van der Waals surface area contributed by atoms with Crippen LogP contribution in [0.3, 0.4) is 0 Å². The van der Waals surface area contributed by atoms with E-state index in [2.05, 4.69) is 46.8 Å². The number of thioether (sulfide) groups is 1. The predicted molar refractivity (Wildman–Crippen MR) is 79.8 cm³/mol. The molecule has 0 fully saturated rings. The molecule has 1 aliphatic heterocycles. The van der Waals surface area contributed by atoms with Crippen molar-refractivity contribution in [3.63, 3.8) is 0 Å². The second kappa shape index (κ2) is 5.09. The molecule has 0 saturated heterocycles. The molecular weight excluding hydrogens is 262 g/mol. The summed E-state index contributed by atoms with van der Waals surface area (Å²) in [5.41, 5.74) is 2.42. The van der Waals surface area contributed by atoms with Crippen LogP contribution in [-0.2, 0) is 0 Å². The summed E-state index contributed by atoms with van der Waals surface area (Å²) in [4.78, 5) is 2.24. The van der Waals surface area contributed by atoms with Crippen molar-refractivity contribution in [3.05, 3.63) is 76.8 Å². The van der Waals surface area contributed by atoms with E-state index in [1.807, 2.05) is 24.3 Å². The van der Waals surface area contributed by atoms with E-state index in [4.69, 9.17) is 11.6 Å².